The molecule has 2 aliphatic rings. The molecule has 0 saturated carbocycles. The summed E-state index contributed by atoms with van der Waals surface area (Å²) >= 11 is 0. The molecule has 11 heteroatoms. The van der Waals surface area contributed by atoms with Crippen LogP contribution in [0.2, 0.25) is 0 Å². The van der Waals surface area contributed by atoms with Gasteiger partial charge in [0.2, 0.25) is 12.1 Å². The first kappa shape index (κ1) is 28.4. The van der Waals surface area contributed by atoms with E-state index in [4.69, 9.17) is 9.72 Å². The van der Waals surface area contributed by atoms with E-state index in [-0.39, 0.29) is 5.78 Å². The minimum Gasteiger partial charge on any atom is -0.476 e. The lowest BCUT2D eigenvalue weighted by atomic mass is 10.1. The molecule has 41 heavy (non-hydrogen) atoms. The Morgan fingerprint density at radius 1 is 1.20 bits per heavy atom. The molecule has 1 atom stereocenters. The third-order valence-electron chi connectivity index (χ3n) is 7.61. The number of nitrogens with one attached hydrogen (secondary N) is 2. The van der Waals surface area contributed by atoms with Gasteiger partial charge in [-0.3, -0.25) is 15.0 Å². The van der Waals surface area contributed by atoms with Gasteiger partial charge in [-0.25, -0.2) is 9.97 Å². The predicted octanol–water partition coefficient (Wildman–Crippen LogP) is 2.62. The summed E-state index contributed by atoms with van der Waals surface area (Å²) in [6, 6.07) is 9.53. The smallest absolute Gasteiger partial charge is 0.336 e. The molecule has 11 nitrogen and oxygen atoms in total. The van der Waals surface area contributed by atoms with Crippen molar-refractivity contribution < 1.29 is 24.0 Å². The number of hydrogen-bond donors (Lipinski definition) is 3. The fourth-order valence-corrected chi connectivity index (χ4v) is 5.27. The molecule has 216 valence electrons. The maximum Gasteiger partial charge on any atom is 0.336 e. The minimum absolute atomic E-state index is 0.0123. The van der Waals surface area contributed by atoms with Gasteiger partial charge in [0.05, 0.1) is 0 Å². The van der Waals surface area contributed by atoms with Gasteiger partial charge < -0.3 is 15.3 Å². The first-order valence-corrected chi connectivity index (χ1v) is 14.5. The number of aromatic nitrogens is 4. The Hall–Kier alpha value is -4.12. The van der Waals surface area contributed by atoms with Gasteiger partial charge in [-0.05, 0) is 63.3 Å². The van der Waals surface area contributed by atoms with Gasteiger partial charge in [-0.2, -0.15) is 4.58 Å². The molecule has 0 aliphatic carbocycles. The lowest BCUT2D eigenvalue weighted by Crippen LogP contribution is -2.43. The standard InChI is InChI=1S/C30H39N8O3/c1-22(39)25(35-30-28-26(20-36(28)2)33-21-38(30)40)13-17-37(18-19-41-27-10-3-5-14-31-27)16-6-4-9-24-12-11-23-8-7-15-32-29(23)34-24/h3,5,10-12,14,20-21,25,40H,4,6-9,13,15-19H2,1-2H3,(H,32,34)/q+1/p+1/t25-/m0/s1. The molecule has 5 heterocycles. The Kier molecular flexibility index (Phi) is 9.35. The number of aryl methyl sites for hydroxylation is 2. The van der Waals surface area contributed by atoms with Crippen LogP contribution in [-0.2, 0) is 17.6 Å². The normalized spacial score (nSPS) is 14.3. The number of carbonyl (C=O) groups excluding carboxylic acids is 1. The van der Waals surface area contributed by atoms with Crippen LogP contribution in [0.15, 0.2) is 42.9 Å². The highest BCUT2D eigenvalue weighted by atomic mass is 16.5. The van der Waals surface area contributed by atoms with Crippen LogP contribution in [-0.4, -0.2) is 87.5 Å². The van der Waals surface area contributed by atoms with E-state index in [0.29, 0.717) is 37.8 Å². The fourth-order valence-electron chi connectivity index (χ4n) is 5.27. The van der Waals surface area contributed by atoms with Gasteiger partial charge in [0, 0.05) is 44.0 Å². The van der Waals surface area contributed by atoms with E-state index in [1.54, 1.807) is 13.1 Å². The van der Waals surface area contributed by atoms with Crippen LogP contribution in [0.25, 0.3) is 0 Å². The van der Waals surface area contributed by atoms with E-state index in [1.165, 1.54) is 11.9 Å². The summed E-state index contributed by atoms with van der Waals surface area (Å²) in [7, 11) is 1.89. The molecular weight excluding hydrogens is 520 g/mol. The van der Waals surface area contributed by atoms with Crippen LogP contribution in [0.4, 0.5) is 17.3 Å². The SMILES string of the molecule is CC(=O)[C@H](CCN(CCCCc1ccc2c(n1)NCCC2)CCOc1ccccn1)Nc1c2c(nc[n+]1O)C=[N+]2C. The summed E-state index contributed by atoms with van der Waals surface area (Å²) in [4.78, 5) is 28.2. The van der Waals surface area contributed by atoms with Crippen molar-refractivity contribution in [2.75, 3.05) is 50.5 Å². The van der Waals surface area contributed by atoms with Gasteiger partial charge >= 0.3 is 11.5 Å². The number of ketones is 1. The van der Waals surface area contributed by atoms with Gasteiger partial charge in [0.15, 0.2) is 5.78 Å². The average molecular weight is 561 g/mol. The molecule has 0 bridgehead atoms. The number of ether oxygens (including phenoxy) is 1. The number of nitrogens with zero attached hydrogens (tertiary/aromatic N) is 6. The molecule has 3 aromatic rings. The molecule has 0 radical (unpaired) electrons. The molecular formula is C30H40N8O3+2. The molecule has 5 rings (SSSR count). The number of fused-ring (bicyclic) bond motifs is 2. The van der Waals surface area contributed by atoms with Crippen LogP contribution < -0.4 is 20.1 Å². The summed E-state index contributed by atoms with van der Waals surface area (Å²) < 4.78 is 8.70. The van der Waals surface area contributed by atoms with Crippen molar-refractivity contribution >= 4 is 29.3 Å². The van der Waals surface area contributed by atoms with E-state index in [0.717, 1.165) is 72.8 Å². The van der Waals surface area contributed by atoms with Crippen molar-refractivity contribution in [3.8, 4) is 5.88 Å². The zero-order valence-corrected chi connectivity index (χ0v) is 23.9. The van der Waals surface area contributed by atoms with E-state index in [2.05, 4.69) is 37.6 Å². The fraction of sp³-hybridized carbons (Fsp3) is 0.467. The van der Waals surface area contributed by atoms with E-state index in [9.17, 15) is 10.0 Å². The topological polar surface area (TPSA) is 119 Å². The highest BCUT2D eigenvalue weighted by Gasteiger charge is 2.38. The Morgan fingerprint density at radius 3 is 2.90 bits per heavy atom. The van der Waals surface area contributed by atoms with Crippen LogP contribution in [0.1, 0.15) is 49.6 Å². The Bertz CT molecular complexity index is 1380. The second-order valence-electron chi connectivity index (χ2n) is 10.7. The molecule has 0 saturated heterocycles. The molecule has 2 aliphatic heterocycles. The molecule has 0 spiro atoms. The second-order valence-corrected chi connectivity index (χ2v) is 10.7. The average Bonchev–Trinajstić information content (AvgIpc) is 2.98. The maximum absolute atomic E-state index is 12.6. The zero-order valence-electron chi connectivity index (χ0n) is 23.9. The van der Waals surface area contributed by atoms with E-state index >= 15 is 0 Å². The number of carbonyl (C=O) groups is 1. The molecule has 0 unspecified atom stereocenters. The van der Waals surface area contributed by atoms with Gasteiger partial charge in [-0.1, -0.05) is 21.8 Å². The van der Waals surface area contributed by atoms with Crippen LogP contribution in [0.5, 0.6) is 5.88 Å². The molecule has 3 N–H and O–H groups in total. The van der Waals surface area contributed by atoms with E-state index in [1.807, 2.05) is 36.0 Å². The lowest BCUT2D eigenvalue weighted by molar-refractivity contribution is -0.896. The number of unbranched alkanes of at least 4 members (excludes halogenated alkanes) is 1. The quantitative estimate of drug-likeness (QED) is 0.146. The zero-order chi connectivity index (χ0) is 28.6. The summed E-state index contributed by atoms with van der Waals surface area (Å²) in [6.07, 6.45) is 10.7. The number of pyridine rings is 2. The first-order valence-electron chi connectivity index (χ1n) is 14.5. The van der Waals surface area contributed by atoms with Crippen molar-refractivity contribution in [2.24, 2.45) is 0 Å². The van der Waals surface area contributed by atoms with Gasteiger partial charge in [-0.15, -0.1) is 0 Å². The Labute approximate surface area is 240 Å². The van der Waals surface area contributed by atoms with Crippen molar-refractivity contribution in [3.63, 3.8) is 0 Å². The number of Topliss-reactive ketones (excluding diaryl/α,β-unsaturated/α-hetero) is 1. The Balaban J connectivity index is 1.17. The van der Waals surface area contributed by atoms with Crippen molar-refractivity contribution in [1.29, 1.82) is 0 Å². The van der Waals surface area contributed by atoms with Gasteiger partial charge in [0.25, 0.3) is 12.0 Å². The number of hydrogen-bond acceptors (Lipinski definition) is 9. The summed E-state index contributed by atoms with van der Waals surface area (Å²) in [5, 5.41) is 17.1. The third-order valence-corrected chi connectivity index (χ3v) is 7.61. The predicted molar refractivity (Wildman–Crippen MR) is 155 cm³/mol. The van der Waals surface area contributed by atoms with Crippen molar-refractivity contribution in [2.45, 2.75) is 51.5 Å². The highest BCUT2D eigenvalue weighted by Crippen LogP contribution is 2.28. The third kappa shape index (κ3) is 7.35. The number of rotatable bonds is 15. The van der Waals surface area contributed by atoms with Crippen LogP contribution >= 0.6 is 0 Å². The first-order chi connectivity index (χ1) is 20.0. The van der Waals surface area contributed by atoms with Crippen molar-refractivity contribution in [1.82, 2.24) is 19.9 Å². The molecule has 0 fully saturated rings. The monoisotopic (exact) mass is 560 g/mol. The molecule has 3 aromatic heterocycles. The molecule has 0 aromatic carbocycles. The number of anilines is 2. The van der Waals surface area contributed by atoms with Crippen LogP contribution in [0, 0.1) is 0 Å². The summed E-state index contributed by atoms with van der Waals surface area (Å²) in [6.45, 7) is 5.36. The summed E-state index contributed by atoms with van der Waals surface area (Å²) in [5.41, 5.74) is 3.98. The minimum atomic E-state index is -0.458. The maximum atomic E-state index is 12.6. The summed E-state index contributed by atoms with van der Waals surface area (Å²) in [5.74, 6) is 2.13. The largest absolute Gasteiger partial charge is 0.476 e. The van der Waals surface area contributed by atoms with Gasteiger partial charge in [0.1, 0.15) is 25.5 Å². The second kappa shape index (κ2) is 13.5. The Morgan fingerprint density at radius 2 is 2.10 bits per heavy atom. The molecule has 0 amide bonds. The lowest BCUT2D eigenvalue weighted by Gasteiger charge is -2.24. The van der Waals surface area contributed by atoms with Crippen molar-refractivity contribution in [3.05, 3.63) is 59.8 Å². The van der Waals surface area contributed by atoms with Crippen LogP contribution in [0.3, 0.4) is 0 Å². The highest BCUT2D eigenvalue weighted by molar-refractivity contribution is 5.91. The van der Waals surface area contributed by atoms with E-state index < -0.39 is 6.04 Å².